The topological polar surface area (TPSA) is 87.9 Å². The zero-order chi connectivity index (χ0) is 11.7. The average molecular weight is 223 g/mol. The van der Waals surface area contributed by atoms with Crippen LogP contribution in [-0.2, 0) is 0 Å². The van der Waals surface area contributed by atoms with Crippen molar-refractivity contribution in [1.29, 1.82) is 0 Å². The Morgan fingerprint density at radius 3 is 2.56 bits per heavy atom. The van der Waals surface area contributed by atoms with E-state index < -0.39 is 0 Å². The van der Waals surface area contributed by atoms with Gasteiger partial charge in [0.25, 0.3) is 5.91 Å². The van der Waals surface area contributed by atoms with Crippen LogP contribution in [0.4, 0.5) is 5.95 Å². The van der Waals surface area contributed by atoms with Crippen molar-refractivity contribution in [2.75, 3.05) is 5.73 Å². The van der Waals surface area contributed by atoms with Crippen LogP contribution >= 0.6 is 0 Å². The second kappa shape index (κ2) is 4.11. The average Bonchev–Trinajstić information content (AvgIpc) is 2.64. The number of hydrogen-bond donors (Lipinski definition) is 2. The van der Waals surface area contributed by atoms with Crippen LogP contribution in [-0.4, -0.2) is 38.1 Å². The van der Waals surface area contributed by atoms with E-state index in [1.165, 1.54) is 6.42 Å². The summed E-state index contributed by atoms with van der Waals surface area (Å²) in [5, 5.41) is 6.24. The largest absolute Gasteiger partial charge is 0.366 e. The van der Waals surface area contributed by atoms with Crippen LogP contribution in [0, 0.1) is 0 Å². The molecule has 2 heterocycles. The Morgan fingerprint density at radius 1 is 1.44 bits per heavy atom. The summed E-state index contributed by atoms with van der Waals surface area (Å²) in [5.74, 6) is 0.239. The monoisotopic (exact) mass is 223 g/mol. The maximum atomic E-state index is 12.2. The van der Waals surface area contributed by atoms with Crippen LogP contribution in [0.5, 0.6) is 0 Å². The molecule has 0 saturated carbocycles. The molecule has 1 aliphatic heterocycles. The van der Waals surface area contributed by atoms with Gasteiger partial charge in [0.2, 0.25) is 11.8 Å². The number of rotatable bonds is 1. The quantitative estimate of drug-likeness (QED) is 0.736. The van der Waals surface area contributed by atoms with Crippen molar-refractivity contribution in [2.24, 2.45) is 0 Å². The van der Waals surface area contributed by atoms with Gasteiger partial charge in [-0.25, -0.2) is 0 Å². The predicted octanol–water partition coefficient (Wildman–Crippen LogP) is 0.790. The molecular weight excluding hydrogens is 206 g/mol. The molecule has 16 heavy (non-hydrogen) atoms. The second-order valence-electron chi connectivity index (χ2n) is 4.38. The molecule has 2 atom stereocenters. The van der Waals surface area contributed by atoms with E-state index in [1.807, 2.05) is 4.90 Å². The number of likely N-dealkylation sites (tertiary alicyclic amines) is 1. The van der Waals surface area contributed by atoms with Gasteiger partial charge in [-0.05, 0) is 33.1 Å². The van der Waals surface area contributed by atoms with Gasteiger partial charge in [-0.2, -0.15) is 4.98 Å². The first kappa shape index (κ1) is 10.9. The van der Waals surface area contributed by atoms with Crippen LogP contribution < -0.4 is 5.73 Å². The number of nitrogens with one attached hydrogen (secondary N) is 1. The Morgan fingerprint density at radius 2 is 2.06 bits per heavy atom. The van der Waals surface area contributed by atoms with Gasteiger partial charge >= 0.3 is 0 Å². The van der Waals surface area contributed by atoms with E-state index in [0.29, 0.717) is 0 Å². The lowest BCUT2D eigenvalue weighted by atomic mass is 9.97. The van der Waals surface area contributed by atoms with E-state index in [-0.39, 0.29) is 29.8 Å². The van der Waals surface area contributed by atoms with Crippen molar-refractivity contribution in [2.45, 2.75) is 45.2 Å². The molecule has 1 aromatic heterocycles. The molecule has 0 aliphatic carbocycles. The van der Waals surface area contributed by atoms with E-state index in [4.69, 9.17) is 5.73 Å². The van der Waals surface area contributed by atoms with Crippen molar-refractivity contribution < 1.29 is 4.79 Å². The standard InChI is InChI=1S/C10H17N5O/c1-6-4-3-5-7(2)15(6)9(16)8-12-10(11)14-13-8/h6-7H,3-5H2,1-2H3,(H3,11,12,13,14). The third-order valence-corrected chi connectivity index (χ3v) is 3.13. The third-order valence-electron chi connectivity index (χ3n) is 3.13. The molecule has 3 N–H and O–H groups in total. The molecule has 1 amide bonds. The van der Waals surface area contributed by atoms with E-state index in [2.05, 4.69) is 29.0 Å². The second-order valence-corrected chi connectivity index (χ2v) is 4.38. The zero-order valence-electron chi connectivity index (χ0n) is 9.60. The zero-order valence-corrected chi connectivity index (χ0v) is 9.60. The summed E-state index contributed by atoms with van der Waals surface area (Å²) in [6, 6.07) is 0.505. The van der Waals surface area contributed by atoms with Crippen molar-refractivity contribution in [3.63, 3.8) is 0 Å². The summed E-state index contributed by atoms with van der Waals surface area (Å²) in [6.45, 7) is 4.13. The van der Waals surface area contributed by atoms with Gasteiger partial charge in [0, 0.05) is 12.1 Å². The molecule has 0 spiro atoms. The number of H-pyrrole nitrogens is 1. The van der Waals surface area contributed by atoms with Gasteiger partial charge in [-0.15, -0.1) is 5.10 Å². The Bertz CT molecular complexity index is 378. The number of aromatic amines is 1. The molecule has 1 aromatic rings. The highest BCUT2D eigenvalue weighted by Gasteiger charge is 2.31. The molecule has 6 nitrogen and oxygen atoms in total. The fourth-order valence-electron chi connectivity index (χ4n) is 2.31. The molecule has 2 unspecified atom stereocenters. The van der Waals surface area contributed by atoms with Gasteiger partial charge in [0.1, 0.15) is 0 Å². The highest BCUT2D eigenvalue weighted by atomic mass is 16.2. The molecular formula is C10H17N5O. The molecule has 1 aliphatic rings. The summed E-state index contributed by atoms with van der Waals surface area (Å²) < 4.78 is 0. The fourth-order valence-corrected chi connectivity index (χ4v) is 2.31. The maximum absolute atomic E-state index is 12.2. The summed E-state index contributed by atoms with van der Waals surface area (Å²) in [7, 11) is 0. The fraction of sp³-hybridized carbons (Fsp3) is 0.700. The number of aromatic nitrogens is 3. The van der Waals surface area contributed by atoms with Crippen molar-refractivity contribution in [3.05, 3.63) is 5.82 Å². The predicted molar refractivity (Wildman–Crippen MR) is 59.7 cm³/mol. The minimum atomic E-state index is -0.107. The van der Waals surface area contributed by atoms with Crippen LogP contribution in [0.3, 0.4) is 0 Å². The van der Waals surface area contributed by atoms with E-state index in [0.717, 1.165) is 12.8 Å². The number of anilines is 1. The van der Waals surface area contributed by atoms with Gasteiger partial charge in [-0.3, -0.25) is 9.89 Å². The number of nitrogen functional groups attached to an aromatic ring is 1. The van der Waals surface area contributed by atoms with Gasteiger partial charge in [0.15, 0.2) is 0 Å². The van der Waals surface area contributed by atoms with Gasteiger partial charge in [0.05, 0.1) is 0 Å². The first-order chi connectivity index (χ1) is 7.59. The minimum Gasteiger partial charge on any atom is -0.366 e. The van der Waals surface area contributed by atoms with E-state index >= 15 is 0 Å². The van der Waals surface area contributed by atoms with Crippen molar-refractivity contribution >= 4 is 11.9 Å². The molecule has 2 rings (SSSR count). The number of piperidine rings is 1. The number of hydrogen-bond acceptors (Lipinski definition) is 4. The molecule has 1 saturated heterocycles. The lowest BCUT2D eigenvalue weighted by Crippen LogP contribution is -2.47. The molecule has 0 radical (unpaired) electrons. The summed E-state index contributed by atoms with van der Waals surface area (Å²) in [6.07, 6.45) is 3.25. The Balaban J connectivity index is 2.19. The summed E-state index contributed by atoms with van der Waals surface area (Å²) >= 11 is 0. The Hall–Kier alpha value is -1.59. The Labute approximate surface area is 94.2 Å². The molecule has 88 valence electrons. The summed E-state index contributed by atoms with van der Waals surface area (Å²) in [4.78, 5) is 17.9. The normalized spacial score (nSPS) is 25.8. The molecule has 1 fully saturated rings. The minimum absolute atomic E-state index is 0.107. The van der Waals surface area contributed by atoms with E-state index in [1.54, 1.807) is 0 Å². The highest BCUT2D eigenvalue weighted by molar-refractivity contribution is 5.91. The van der Waals surface area contributed by atoms with Crippen LogP contribution in [0.15, 0.2) is 0 Å². The first-order valence-electron chi connectivity index (χ1n) is 5.60. The molecule has 0 bridgehead atoms. The van der Waals surface area contributed by atoms with Gasteiger partial charge in [-0.1, -0.05) is 0 Å². The SMILES string of the molecule is CC1CCCC(C)N1C(=O)c1nc(N)n[nH]1. The number of carbonyl (C=O) groups is 1. The summed E-state index contributed by atoms with van der Waals surface area (Å²) in [5.41, 5.74) is 5.39. The first-order valence-corrected chi connectivity index (χ1v) is 5.60. The lowest BCUT2D eigenvalue weighted by Gasteiger charge is -2.38. The highest BCUT2D eigenvalue weighted by Crippen LogP contribution is 2.23. The van der Waals surface area contributed by atoms with Crippen LogP contribution in [0.1, 0.15) is 43.7 Å². The van der Waals surface area contributed by atoms with Crippen molar-refractivity contribution in [3.8, 4) is 0 Å². The van der Waals surface area contributed by atoms with Crippen molar-refractivity contribution in [1.82, 2.24) is 20.1 Å². The third kappa shape index (κ3) is 1.87. The van der Waals surface area contributed by atoms with Crippen LogP contribution in [0.25, 0.3) is 0 Å². The number of amides is 1. The van der Waals surface area contributed by atoms with Crippen LogP contribution in [0.2, 0.25) is 0 Å². The number of nitrogens with zero attached hydrogens (tertiary/aromatic N) is 3. The molecule has 6 heteroatoms. The molecule has 0 aromatic carbocycles. The smallest absolute Gasteiger partial charge is 0.291 e. The number of nitrogens with two attached hydrogens (primary N) is 1. The number of carbonyl (C=O) groups excluding carboxylic acids is 1. The maximum Gasteiger partial charge on any atom is 0.291 e. The Kier molecular flexibility index (Phi) is 2.80. The van der Waals surface area contributed by atoms with Gasteiger partial charge < -0.3 is 10.6 Å². The van der Waals surface area contributed by atoms with E-state index in [9.17, 15) is 4.79 Å². The lowest BCUT2D eigenvalue weighted by molar-refractivity contribution is 0.0498.